The Morgan fingerprint density at radius 1 is 1.35 bits per heavy atom. The van der Waals surface area contributed by atoms with Gasteiger partial charge in [-0.15, -0.1) is 0 Å². The highest BCUT2D eigenvalue weighted by Gasteiger charge is 2.13. The van der Waals surface area contributed by atoms with Crippen LogP contribution in [0.15, 0.2) is 24.4 Å². The van der Waals surface area contributed by atoms with Crippen molar-refractivity contribution >= 4 is 22.5 Å². The third-order valence-corrected chi connectivity index (χ3v) is 4.20. The summed E-state index contributed by atoms with van der Waals surface area (Å²) in [5.41, 5.74) is 2.39. The smallest absolute Gasteiger partial charge is 0.0587 e. The van der Waals surface area contributed by atoms with Gasteiger partial charge in [-0.2, -0.15) is 0 Å². The van der Waals surface area contributed by atoms with E-state index in [4.69, 9.17) is 16.3 Å². The Kier molecular flexibility index (Phi) is 4.61. The van der Waals surface area contributed by atoms with Crippen molar-refractivity contribution in [2.45, 2.75) is 38.3 Å². The van der Waals surface area contributed by atoms with Crippen LogP contribution in [0.25, 0.3) is 10.9 Å². The van der Waals surface area contributed by atoms with E-state index >= 15 is 0 Å². The van der Waals surface area contributed by atoms with E-state index in [0.717, 1.165) is 36.7 Å². The maximum atomic E-state index is 5.99. The minimum Gasteiger partial charge on any atom is -0.378 e. The number of rotatable bonds is 5. The van der Waals surface area contributed by atoms with Crippen molar-refractivity contribution in [1.29, 1.82) is 0 Å². The Morgan fingerprint density at radius 2 is 2.30 bits per heavy atom. The first kappa shape index (κ1) is 13.9. The molecular formula is C16H21ClN2O. The molecule has 0 aliphatic carbocycles. The van der Waals surface area contributed by atoms with E-state index in [1.54, 1.807) is 0 Å². The molecule has 1 aromatic carbocycles. The highest BCUT2D eigenvalue weighted by atomic mass is 35.5. The normalized spacial score (nSPS) is 19.6. The van der Waals surface area contributed by atoms with Crippen LogP contribution in [0.2, 0.25) is 5.02 Å². The first-order valence-corrected chi connectivity index (χ1v) is 7.78. The SMILES string of the molecule is Clc1ccc2c(CNCCC3CCCCO3)c[nH]c2c1. The molecular weight excluding hydrogens is 272 g/mol. The molecule has 1 aromatic heterocycles. The second-order valence-corrected chi connectivity index (χ2v) is 5.89. The topological polar surface area (TPSA) is 37.0 Å². The van der Waals surface area contributed by atoms with Gasteiger partial charge in [-0.1, -0.05) is 17.7 Å². The first-order chi connectivity index (χ1) is 9.83. The van der Waals surface area contributed by atoms with Crippen molar-refractivity contribution in [3.05, 3.63) is 35.0 Å². The summed E-state index contributed by atoms with van der Waals surface area (Å²) < 4.78 is 5.74. The van der Waals surface area contributed by atoms with Gasteiger partial charge >= 0.3 is 0 Å². The van der Waals surface area contributed by atoms with Gasteiger partial charge in [-0.05, 0) is 49.9 Å². The summed E-state index contributed by atoms with van der Waals surface area (Å²) >= 11 is 5.99. The van der Waals surface area contributed by atoms with Gasteiger partial charge in [0.2, 0.25) is 0 Å². The number of aromatic nitrogens is 1. The molecule has 1 aliphatic rings. The molecule has 0 amide bonds. The Balaban J connectivity index is 1.49. The number of nitrogens with one attached hydrogen (secondary N) is 2. The Hall–Kier alpha value is -1.03. The quantitative estimate of drug-likeness (QED) is 0.821. The molecule has 3 nitrogen and oxygen atoms in total. The summed E-state index contributed by atoms with van der Waals surface area (Å²) in [5, 5.41) is 5.53. The lowest BCUT2D eigenvalue weighted by molar-refractivity contribution is 0.0115. The summed E-state index contributed by atoms with van der Waals surface area (Å²) in [5.74, 6) is 0. The van der Waals surface area contributed by atoms with Crippen LogP contribution in [0.5, 0.6) is 0 Å². The van der Waals surface area contributed by atoms with Crippen molar-refractivity contribution in [2.24, 2.45) is 0 Å². The van der Waals surface area contributed by atoms with Crippen LogP contribution in [0.4, 0.5) is 0 Å². The van der Waals surface area contributed by atoms with Gasteiger partial charge in [0.25, 0.3) is 0 Å². The van der Waals surface area contributed by atoms with Crippen molar-refractivity contribution in [3.63, 3.8) is 0 Å². The van der Waals surface area contributed by atoms with Crippen LogP contribution >= 0.6 is 11.6 Å². The predicted molar refractivity (Wildman–Crippen MR) is 83.2 cm³/mol. The molecule has 1 unspecified atom stereocenters. The van der Waals surface area contributed by atoms with E-state index in [1.165, 1.54) is 30.2 Å². The second kappa shape index (κ2) is 6.61. The lowest BCUT2D eigenvalue weighted by Crippen LogP contribution is -2.25. The van der Waals surface area contributed by atoms with Crippen LogP contribution in [0.3, 0.4) is 0 Å². The molecule has 2 heterocycles. The van der Waals surface area contributed by atoms with Gasteiger partial charge in [-0.25, -0.2) is 0 Å². The molecule has 4 heteroatoms. The molecule has 0 radical (unpaired) electrons. The number of aromatic amines is 1. The van der Waals surface area contributed by atoms with E-state index < -0.39 is 0 Å². The highest BCUT2D eigenvalue weighted by Crippen LogP contribution is 2.22. The third-order valence-electron chi connectivity index (χ3n) is 3.96. The molecule has 2 N–H and O–H groups in total. The maximum Gasteiger partial charge on any atom is 0.0587 e. The monoisotopic (exact) mass is 292 g/mol. The van der Waals surface area contributed by atoms with Gasteiger partial charge in [0.05, 0.1) is 6.10 Å². The zero-order valence-electron chi connectivity index (χ0n) is 11.6. The number of ether oxygens (including phenoxy) is 1. The average molecular weight is 293 g/mol. The van der Waals surface area contributed by atoms with Gasteiger partial charge in [0.1, 0.15) is 0 Å². The average Bonchev–Trinajstić information content (AvgIpc) is 2.87. The number of hydrogen-bond donors (Lipinski definition) is 2. The van der Waals surface area contributed by atoms with Gasteiger partial charge in [0.15, 0.2) is 0 Å². The minimum absolute atomic E-state index is 0.457. The fraction of sp³-hybridized carbons (Fsp3) is 0.500. The van der Waals surface area contributed by atoms with Gasteiger partial charge in [-0.3, -0.25) is 0 Å². The van der Waals surface area contributed by atoms with E-state index in [9.17, 15) is 0 Å². The molecule has 1 fully saturated rings. The van der Waals surface area contributed by atoms with Crippen LogP contribution in [-0.4, -0.2) is 24.2 Å². The van der Waals surface area contributed by atoms with Crippen molar-refractivity contribution in [1.82, 2.24) is 10.3 Å². The zero-order valence-corrected chi connectivity index (χ0v) is 12.4. The lowest BCUT2D eigenvalue weighted by atomic mass is 10.1. The van der Waals surface area contributed by atoms with E-state index in [1.807, 2.05) is 12.1 Å². The Labute approximate surface area is 124 Å². The molecule has 1 aliphatic heterocycles. The molecule has 0 bridgehead atoms. The van der Waals surface area contributed by atoms with Gasteiger partial charge < -0.3 is 15.0 Å². The fourth-order valence-electron chi connectivity index (χ4n) is 2.83. The molecule has 2 aromatic rings. The van der Waals surface area contributed by atoms with Crippen molar-refractivity contribution < 1.29 is 4.74 Å². The second-order valence-electron chi connectivity index (χ2n) is 5.46. The standard InChI is InChI=1S/C16H21ClN2O/c17-13-4-5-15-12(11-19-16(15)9-13)10-18-7-6-14-3-1-2-8-20-14/h4-5,9,11,14,18-19H,1-3,6-8,10H2. The largest absolute Gasteiger partial charge is 0.378 e. The van der Waals surface area contributed by atoms with E-state index in [-0.39, 0.29) is 0 Å². The summed E-state index contributed by atoms with van der Waals surface area (Å²) in [6, 6.07) is 5.99. The van der Waals surface area contributed by atoms with Crippen LogP contribution < -0.4 is 5.32 Å². The minimum atomic E-state index is 0.457. The summed E-state index contributed by atoms with van der Waals surface area (Å²) in [7, 11) is 0. The van der Waals surface area contributed by atoms with E-state index in [0.29, 0.717) is 6.10 Å². The molecule has 1 atom stereocenters. The Morgan fingerprint density at radius 3 is 3.15 bits per heavy atom. The molecule has 20 heavy (non-hydrogen) atoms. The fourth-order valence-corrected chi connectivity index (χ4v) is 3.00. The first-order valence-electron chi connectivity index (χ1n) is 7.41. The third kappa shape index (κ3) is 3.35. The van der Waals surface area contributed by atoms with Crippen molar-refractivity contribution in [2.75, 3.05) is 13.2 Å². The highest BCUT2D eigenvalue weighted by molar-refractivity contribution is 6.31. The summed E-state index contributed by atoms with van der Waals surface area (Å²) in [4.78, 5) is 3.27. The molecule has 108 valence electrons. The lowest BCUT2D eigenvalue weighted by Gasteiger charge is -2.22. The van der Waals surface area contributed by atoms with Crippen molar-refractivity contribution in [3.8, 4) is 0 Å². The van der Waals surface area contributed by atoms with E-state index in [2.05, 4.69) is 22.6 Å². The zero-order chi connectivity index (χ0) is 13.8. The number of halogens is 1. The number of benzene rings is 1. The summed E-state index contributed by atoms with van der Waals surface area (Å²) in [6.45, 7) is 2.83. The molecule has 3 rings (SSSR count). The van der Waals surface area contributed by atoms with Crippen LogP contribution in [0.1, 0.15) is 31.2 Å². The van der Waals surface area contributed by atoms with Crippen LogP contribution in [-0.2, 0) is 11.3 Å². The molecule has 0 spiro atoms. The molecule has 0 saturated carbocycles. The number of fused-ring (bicyclic) bond motifs is 1. The number of H-pyrrole nitrogens is 1. The number of hydrogen-bond acceptors (Lipinski definition) is 2. The predicted octanol–water partition coefficient (Wildman–Crippen LogP) is 3.87. The molecule has 1 saturated heterocycles. The van der Waals surface area contributed by atoms with Gasteiger partial charge in [0, 0.05) is 35.3 Å². The van der Waals surface area contributed by atoms with Crippen LogP contribution in [0, 0.1) is 0 Å². The maximum absolute atomic E-state index is 5.99. The summed E-state index contributed by atoms with van der Waals surface area (Å²) in [6.07, 6.45) is 7.38. The Bertz CT molecular complexity index is 561.